The van der Waals surface area contributed by atoms with E-state index in [9.17, 15) is 9.59 Å². The van der Waals surface area contributed by atoms with E-state index < -0.39 is 5.97 Å². The van der Waals surface area contributed by atoms with Gasteiger partial charge in [0.15, 0.2) is 0 Å². The lowest BCUT2D eigenvalue weighted by Crippen LogP contribution is -2.27. The highest BCUT2D eigenvalue weighted by atomic mass is 16.5. The van der Waals surface area contributed by atoms with Gasteiger partial charge in [0.05, 0.1) is 12.2 Å². The number of rotatable bonds is 7. The molecule has 6 nitrogen and oxygen atoms in total. The molecule has 0 bridgehead atoms. The zero-order valence-corrected chi connectivity index (χ0v) is 13.5. The molecular formula is C16H26N2O4. The number of nitrogens with zero attached hydrogens (tertiary/aromatic N) is 1. The highest BCUT2D eigenvalue weighted by Crippen LogP contribution is 1.96. The first-order chi connectivity index (χ1) is 10.5. The van der Waals surface area contributed by atoms with Crippen LogP contribution in [0.4, 0.5) is 4.79 Å². The number of carbonyl (C=O) groups is 2. The van der Waals surface area contributed by atoms with Crippen LogP contribution in [0.25, 0.3) is 0 Å². The van der Waals surface area contributed by atoms with E-state index in [1.165, 1.54) is 0 Å². The van der Waals surface area contributed by atoms with E-state index in [2.05, 4.69) is 10.2 Å². The van der Waals surface area contributed by atoms with Gasteiger partial charge in [0, 0.05) is 6.54 Å². The average Bonchev–Trinajstić information content (AvgIpc) is 2.51. The zero-order chi connectivity index (χ0) is 16.8. The number of benzene rings is 1. The number of carboxylic acids is 1. The Labute approximate surface area is 132 Å². The molecule has 0 heterocycles. The molecule has 124 valence electrons. The molecule has 0 saturated heterocycles. The summed E-state index contributed by atoms with van der Waals surface area (Å²) in [6, 6.07) is 8.30. The monoisotopic (exact) mass is 310 g/mol. The zero-order valence-electron chi connectivity index (χ0n) is 13.5. The van der Waals surface area contributed by atoms with Crippen molar-refractivity contribution in [1.82, 2.24) is 10.2 Å². The van der Waals surface area contributed by atoms with Gasteiger partial charge in [0.2, 0.25) is 0 Å². The van der Waals surface area contributed by atoms with Gasteiger partial charge in [0.25, 0.3) is 0 Å². The van der Waals surface area contributed by atoms with Crippen molar-refractivity contribution < 1.29 is 19.4 Å². The molecule has 0 aromatic heterocycles. The molecule has 2 N–H and O–H groups in total. The van der Waals surface area contributed by atoms with Crippen molar-refractivity contribution in [1.29, 1.82) is 0 Å². The molecule has 6 heteroatoms. The molecule has 22 heavy (non-hydrogen) atoms. The van der Waals surface area contributed by atoms with E-state index >= 15 is 0 Å². The Kier molecular flexibility index (Phi) is 11.4. The molecule has 1 amide bonds. The second-order valence-corrected chi connectivity index (χ2v) is 4.89. The summed E-state index contributed by atoms with van der Waals surface area (Å²) >= 11 is 0. The maximum absolute atomic E-state index is 10.9. The van der Waals surface area contributed by atoms with E-state index in [-0.39, 0.29) is 6.09 Å². The molecule has 0 aliphatic heterocycles. The Morgan fingerprint density at radius 3 is 2.32 bits per heavy atom. The molecule has 1 rings (SSSR count). The van der Waals surface area contributed by atoms with E-state index in [1.807, 2.05) is 21.0 Å². The molecule has 0 atom stereocenters. The first kappa shape index (κ1) is 19.9. The molecule has 0 unspecified atom stereocenters. The van der Waals surface area contributed by atoms with Crippen LogP contribution >= 0.6 is 0 Å². The lowest BCUT2D eigenvalue weighted by molar-refractivity contribution is 0.0697. The fraction of sp³-hybridized carbons (Fsp3) is 0.500. The van der Waals surface area contributed by atoms with Gasteiger partial charge in [0.1, 0.15) is 0 Å². The Morgan fingerprint density at radius 1 is 1.23 bits per heavy atom. The van der Waals surface area contributed by atoms with Crippen LogP contribution < -0.4 is 5.32 Å². The minimum absolute atomic E-state index is 0.305. The molecule has 1 aromatic rings. The maximum atomic E-state index is 10.9. The summed E-state index contributed by atoms with van der Waals surface area (Å²) in [5.74, 6) is -0.879. The summed E-state index contributed by atoms with van der Waals surface area (Å²) in [7, 11) is 4.02. The van der Waals surface area contributed by atoms with Crippen molar-refractivity contribution in [3.63, 3.8) is 0 Å². The summed E-state index contributed by atoms with van der Waals surface area (Å²) in [4.78, 5) is 23.2. The quantitative estimate of drug-likeness (QED) is 0.756. The van der Waals surface area contributed by atoms with Crippen LogP contribution in [0.2, 0.25) is 0 Å². The standard InChI is InChI=1S/C9H20N2O2.C7H6O2/c1-4-8-13-9(12)10-6-5-7-11(2)3;8-7(9)6-4-2-1-3-5-6/h4-8H2,1-3H3,(H,10,12);1-5H,(H,8,9). The lowest BCUT2D eigenvalue weighted by atomic mass is 10.2. The van der Waals surface area contributed by atoms with Crippen molar-refractivity contribution in [2.45, 2.75) is 19.8 Å². The van der Waals surface area contributed by atoms with Crippen molar-refractivity contribution in [2.75, 3.05) is 33.8 Å². The fourth-order valence-electron chi connectivity index (χ4n) is 1.41. The van der Waals surface area contributed by atoms with Gasteiger partial charge in [-0.05, 0) is 45.6 Å². The van der Waals surface area contributed by atoms with Crippen LogP contribution in [-0.4, -0.2) is 55.9 Å². The van der Waals surface area contributed by atoms with Gasteiger partial charge >= 0.3 is 12.1 Å². The Bertz CT molecular complexity index is 421. The van der Waals surface area contributed by atoms with Gasteiger partial charge in [-0.1, -0.05) is 25.1 Å². The van der Waals surface area contributed by atoms with Gasteiger partial charge in [-0.25, -0.2) is 9.59 Å². The van der Waals surface area contributed by atoms with Crippen molar-refractivity contribution >= 4 is 12.1 Å². The van der Waals surface area contributed by atoms with Gasteiger partial charge in [-0.2, -0.15) is 0 Å². The number of aromatic carboxylic acids is 1. The van der Waals surface area contributed by atoms with E-state index in [4.69, 9.17) is 9.84 Å². The number of hydrogen-bond donors (Lipinski definition) is 2. The third-order valence-electron chi connectivity index (χ3n) is 2.51. The van der Waals surface area contributed by atoms with E-state index in [0.29, 0.717) is 18.7 Å². The smallest absolute Gasteiger partial charge is 0.407 e. The number of ether oxygens (including phenoxy) is 1. The minimum Gasteiger partial charge on any atom is -0.478 e. The normalized spacial score (nSPS) is 9.64. The number of amides is 1. The summed E-state index contributed by atoms with van der Waals surface area (Å²) in [6.07, 6.45) is 1.51. The summed E-state index contributed by atoms with van der Waals surface area (Å²) in [5.41, 5.74) is 0.331. The van der Waals surface area contributed by atoms with Crippen LogP contribution in [0.1, 0.15) is 30.1 Å². The Hall–Kier alpha value is -2.08. The number of nitrogens with one attached hydrogen (secondary N) is 1. The van der Waals surface area contributed by atoms with Crippen LogP contribution in [0.3, 0.4) is 0 Å². The molecule has 0 aliphatic carbocycles. The molecule has 0 radical (unpaired) electrons. The summed E-state index contributed by atoms with van der Waals surface area (Å²) in [5, 5.41) is 11.1. The molecule has 1 aromatic carbocycles. The lowest BCUT2D eigenvalue weighted by Gasteiger charge is -2.09. The highest BCUT2D eigenvalue weighted by molar-refractivity contribution is 5.87. The van der Waals surface area contributed by atoms with Crippen molar-refractivity contribution in [3.05, 3.63) is 35.9 Å². The van der Waals surface area contributed by atoms with E-state index in [1.54, 1.807) is 30.3 Å². The Balaban J connectivity index is 0.000000425. The summed E-state index contributed by atoms with van der Waals surface area (Å²) < 4.78 is 4.83. The number of alkyl carbamates (subject to hydrolysis) is 1. The van der Waals surface area contributed by atoms with Crippen LogP contribution in [0, 0.1) is 0 Å². The van der Waals surface area contributed by atoms with Gasteiger partial charge < -0.3 is 20.1 Å². The van der Waals surface area contributed by atoms with Crippen molar-refractivity contribution in [3.8, 4) is 0 Å². The van der Waals surface area contributed by atoms with Gasteiger partial charge in [-0.3, -0.25) is 0 Å². The molecular weight excluding hydrogens is 284 g/mol. The first-order valence-corrected chi connectivity index (χ1v) is 7.31. The number of hydrogen-bond acceptors (Lipinski definition) is 4. The van der Waals surface area contributed by atoms with Crippen LogP contribution in [0.5, 0.6) is 0 Å². The summed E-state index contributed by atoms with van der Waals surface area (Å²) in [6.45, 7) is 4.13. The topological polar surface area (TPSA) is 78.9 Å². The second kappa shape index (κ2) is 12.6. The predicted octanol–water partition coefficient (Wildman–Crippen LogP) is 2.46. The van der Waals surface area contributed by atoms with E-state index in [0.717, 1.165) is 19.4 Å². The highest BCUT2D eigenvalue weighted by Gasteiger charge is 1.99. The van der Waals surface area contributed by atoms with Gasteiger partial charge in [-0.15, -0.1) is 0 Å². The molecule has 0 saturated carbocycles. The van der Waals surface area contributed by atoms with Crippen molar-refractivity contribution in [2.24, 2.45) is 0 Å². The minimum atomic E-state index is -0.879. The first-order valence-electron chi connectivity index (χ1n) is 7.31. The number of carboxylic acid groups (broad SMARTS) is 1. The Morgan fingerprint density at radius 2 is 1.86 bits per heavy atom. The SMILES string of the molecule is CCCOC(=O)NCCCN(C)C.O=C(O)c1ccccc1. The third-order valence-corrected chi connectivity index (χ3v) is 2.51. The average molecular weight is 310 g/mol. The molecule has 0 fully saturated rings. The predicted molar refractivity (Wildman–Crippen MR) is 86.2 cm³/mol. The largest absolute Gasteiger partial charge is 0.478 e. The fourth-order valence-corrected chi connectivity index (χ4v) is 1.41. The second-order valence-electron chi connectivity index (χ2n) is 4.89. The number of carbonyl (C=O) groups excluding carboxylic acids is 1. The molecule has 0 spiro atoms. The van der Waals surface area contributed by atoms with Crippen LogP contribution in [0.15, 0.2) is 30.3 Å². The third kappa shape index (κ3) is 11.7. The van der Waals surface area contributed by atoms with Crippen LogP contribution in [-0.2, 0) is 4.74 Å². The maximum Gasteiger partial charge on any atom is 0.407 e. The molecule has 0 aliphatic rings.